The van der Waals surface area contributed by atoms with Gasteiger partial charge in [0, 0.05) is 18.0 Å². The lowest BCUT2D eigenvalue weighted by atomic mass is 9.85. The Labute approximate surface area is 274 Å². The van der Waals surface area contributed by atoms with E-state index in [0.29, 0.717) is 0 Å². The van der Waals surface area contributed by atoms with Gasteiger partial charge in [0.15, 0.2) is 0 Å². The molecule has 0 radical (unpaired) electrons. The van der Waals surface area contributed by atoms with Crippen LogP contribution in [0, 0.1) is 0 Å². The number of aliphatic imine (C=N–C) groups is 1. The highest BCUT2D eigenvalue weighted by molar-refractivity contribution is 6.22. The molecule has 0 aliphatic carbocycles. The third-order valence-electron chi connectivity index (χ3n) is 8.93. The smallest absolute Gasteiger partial charge is 0.145 e. The minimum atomic E-state index is 0.891. The van der Waals surface area contributed by atoms with Crippen LogP contribution in [0.1, 0.15) is 19.5 Å². The molecule has 6 aromatic carbocycles. The number of imidazole rings is 1. The molecule has 224 valence electrons. The van der Waals surface area contributed by atoms with Crippen molar-refractivity contribution in [3.63, 3.8) is 0 Å². The van der Waals surface area contributed by atoms with Gasteiger partial charge in [-0.2, -0.15) is 0 Å². The largest absolute Gasteiger partial charge is 0.299 e. The predicted molar refractivity (Wildman–Crippen MR) is 199 cm³/mol. The second-order valence-corrected chi connectivity index (χ2v) is 11.8. The van der Waals surface area contributed by atoms with Crippen molar-refractivity contribution in [2.24, 2.45) is 4.99 Å². The Morgan fingerprint density at radius 3 is 1.77 bits per heavy atom. The molecule has 3 heteroatoms. The standard InChI is InChI=1S/C44H33N3/c1-3-27-45-30(2)43-40-20-12-13-28-47(40)44(46-43)34-23-21-31(22-24-34)35-25-26-38-39(29-35)42(33-16-8-5-9-17-33)37-19-11-10-18-36(37)41(38)32-14-6-4-7-15-32/h3-29H,1-2H3/b27-3-,45-30?. The first-order valence-electron chi connectivity index (χ1n) is 16.0. The number of hydrogen-bond donors (Lipinski definition) is 0. The molecule has 3 nitrogen and oxygen atoms in total. The first-order valence-corrected chi connectivity index (χ1v) is 16.0. The number of allylic oxidation sites excluding steroid dienone is 1. The van der Waals surface area contributed by atoms with Gasteiger partial charge in [0.1, 0.15) is 11.5 Å². The van der Waals surface area contributed by atoms with E-state index in [1.807, 2.05) is 38.3 Å². The van der Waals surface area contributed by atoms with Gasteiger partial charge < -0.3 is 0 Å². The van der Waals surface area contributed by atoms with Crippen molar-refractivity contribution in [3.05, 3.63) is 170 Å². The van der Waals surface area contributed by atoms with Gasteiger partial charge in [0.2, 0.25) is 0 Å². The minimum Gasteiger partial charge on any atom is -0.299 e. The molecular weight excluding hydrogens is 571 g/mol. The summed E-state index contributed by atoms with van der Waals surface area (Å²) >= 11 is 0. The zero-order valence-corrected chi connectivity index (χ0v) is 26.4. The van der Waals surface area contributed by atoms with E-state index in [1.54, 1.807) is 0 Å². The Hall–Kier alpha value is -6.06. The van der Waals surface area contributed by atoms with Crippen molar-refractivity contribution >= 4 is 32.8 Å². The molecule has 2 aromatic heterocycles. The van der Waals surface area contributed by atoms with Crippen LogP contribution in [0.25, 0.3) is 71.8 Å². The van der Waals surface area contributed by atoms with Gasteiger partial charge in [0.05, 0.1) is 11.2 Å². The molecule has 0 spiro atoms. The van der Waals surface area contributed by atoms with E-state index in [2.05, 4.69) is 149 Å². The maximum absolute atomic E-state index is 5.07. The van der Waals surface area contributed by atoms with Crippen molar-refractivity contribution in [1.82, 2.24) is 9.38 Å². The Morgan fingerprint density at radius 1 is 0.553 bits per heavy atom. The lowest BCUT2D eigenvalue weighted by Gasteiger charge is -2.18. The van der Waals surface area contributed by atoms with Crippen LogP contribution < -0.4 is 0 Å². The first-order chi connectivity index (χ1) is 23.2. The topological polar surface area (TPSA) is 29.7 Å². The van der Waals surface area contributed by atoms with E-state index in [-0.39, 0.29) is 0 Å². The molecule has 0 saturated heterocycles. The third kappa shape index (κ3) is 5.03. The number of pyridine rings is 1. The lowest BCUT2D eigenvalue weighted by molar-refractivity contribution is 1.16. The van der Waals surface area contributed by atoms with E-state index in [4.69, 9.17) is 4.98 Å². The van der Waals surface area contributed by atoms with Gasteiger partial charge in [-0.25, -0.2) is 4.98 Å². The second kappa shape index (κ2) is 12.0. The number of aromatic nitrogens is 2. The summed E-state index contributed by atoms with van der Waals surface area (Å²) in [6.07, 6.45) is 5.82. The molecule has 0 aliphatic heterocycles. The highest BCUT2D eigenvalue weighted by Crippen LogP contribution is 2.44. The van der Waals surface area contributed by atoms with E-state index in [0.717, 1.165) is 33.9 Å². The van der Waals surface area contributed by atoms with Crippen LogP contribution >= 0.6 is 0 Å². The molecule has 8 aromatic rings. The summed E-state index contributed by atoms with van der Waals surface area (Å²) in [5, 5.41) is 5.02. The summed E-state index contributed by atoms with van der Waals surface area (Å²) in [4.78, 5) is 9.65. The van der Waals surface area contributed by atoms with Crippen LogP contribution in [0.5, 0.6) is 0 Å². The molecule has 0 bridgehead atoms. The summed E-state index contributed by atoms with van der Waals surface area (Å²) < 4.78 is 2.15. The Kier molecular flexibility index (Phi) is 7.28. The fourth-order valence-corrected chi connectivity index (χ4v) is 6.76. The average Bonchev–Trinajstić information content (AvgIpc) is 3.53. The van der Waals surface area contributed by atoms with Crippen LogP contribution in [0.2, 0.25) is 0 Å². The maximum atomic E-state index is 5.07. The van der Waals surface area contributed by atoms with Gasteiger partial charge >= 0.3 is 0 Å². The van der Waals surface area contributed by atoms with Crippen LogP contribution in [0.3, 0.4) is 0 Å². The number of hydrogen-bond acceptors (Lipinski definition) is 2. The summed E-state index contributed by atoms with van der Waals surface area (Å²) in [5.74, 6) is 0.904. The van der Waals surface area contributed by atoms with E-state index in [9.17, 15) is 0 Å². The number of rotatable bonds is 6. The van der Waals surface area contributed by atoms with E-state index >= 15 is 0 Å². The Morgan fingerprint density at radius 2 is 1.11 bits per heavy atom. The highest BCUT2D eigenvalue weighted by Gasteiger charge is 2.18. The summed E-state index contributed by atoms with van der Waals surface area (Å²) in [6.45, 7) is 3.98. The zero-order valence-electron chi connectivity index (χ0n) is 26.4. The molecule has 0 N–H and O–H groups in total. The van der Waals surface area contributed by atoms with Crippen molar-refractivity contribution in [2.75, 3.05) is 0 Å². The van der Waals surface area contributed by atoms with Gasteiger partial charge in [-0.15, -0.1) is 0 Å². The molecule has 0 atom stereocenters. The SMILES string of the molecule is C/C=C\N=C(C)c1nc(-c2ccc(-c3ccc4c(-c5ccccc5)c5ccccc5c(-c5ccccc5)c4c3)cc2)n2ccccc12. The molecule has 0 amide bonds. The fraction of sp³-hybridized carbons (Fsp3) is 0.0455. The normalized spacial score (nSPS) is 12.1. The van der Waals surface area contributed by atoms with Crippen LogP contribution in [-0.2, 0) is 0 Å². The Bertz CT molecular complexity index is 2450. The quantitative estimate of drug-likeness (QED) is 0.137. The van der Waals surface area contributed by atoms with Gasteiger partial charge in [-0.3, -0.25) is 9.39 Å². The molecule has 47 heavy (non-hydrogen) atoms. The van der Waals surface area contributed by atoms with Gasteiger partial charge in [-0.05, 0) is 87.0 Å². The molecule has 0 unspecified atom stereocenters. The van der Waals surface area contributed by atoms with Crippen molar-refractivity contribution in [3.8, 4) is 44.8 Å². The van der Waals surface area contributed by atoms with Crippen LogP contribution in [0.4, 0.5) is 0 Å². The third-order valence-corrected chi connectivity index (χ3v) is 8.93. The summed E-state index contributed by atoms with van der Waals surface area (Å²) in [5.41, 5.74) is 11.2. The van der Waals surface area contributed by atoms with Crippen LogP contribution in [-0.4, -0.2) is 15.1 Å². The van der Waals surface area contributed by atoms with Crippen molar-refractivity contribution < 1.29 is 0 Å². The van der Waals surface area contributed by atoms with Crippen molar-refractivity contribution in [2.45, 2.75) is 13.8 Å². The summed E-state index contributed by atoms with van der Waals surface area (Å²) in [6, 6.07) is 52.3. The van der Waals surface area contributed by atoms with Crippen LogP contribution in [0.15, 0.2) is 169 Å². The minimum absolute atomic E-state index is 0.891. The molecule has 0 fully saturated rings. The van der Waals surface area contributed by atoms with Gasteiger partial charge in [0.25, 0.3) is 0 Å². The molecule has 2 heterocycles. The van der Waals surface area contributed by atoms with Gasteiger partial charge in [-0.1, -0.05) is 133 Å². The van der Waals surface area contributed by atoms with Crippen molar-refractivity contribution in [1.29, 1.82) is 0 Å². The fourth-order valence-electron chi connectivity index (χ4n) is 6.76. The monoisotopic (exact) mass is 603 g/mol. The summed E-state index contributed by atoms with van der Waals surface area (Å²) in [7, 11) is 0. The van der Waals surface area contributed by atoms with E-state index in [1.165, 1.54) is 49.4 Å². The number of benzene rings is 6. The molecular formula is C44H33N3. The number of fused-ring (bicyclic) bond motifs is 3. The molecule has 8 rings (SSSR count). The molecule has 0 saturated carbocycles. The maximum Gasteiger partial charge on any atom is 0.145 e. The average molecular weight is 604 g/mol. The zero-order chi connectivity index (χ0) is 31.7. The number of nitrogens with zero attached hydrogens (tertiary/aromatic N) is 3. The predicted octanol–water partition coefficient (Wildman–Crippen LogP) is 11.7. The second-order valence-electron chi connectivity index (χ2n) is 11.8. The highest BCUT2D eigenvalue weighted by atomic mass is 15.0. The Balaban J connectivity index is 1.30. The first kappa shape index (κ1) is 28.4. The molecule has 0 aliphatic rings. The lowest BCUT2D eigenvalue weighted by Crippen LogP contribution is -1.95. The van der Waals surface area contributed by atoms with E-state index < -0.39 is 0 Å².